The monoisotopic (exact) mass is 414 g/mol. The van der Waals surface area contributed by atoms with Gasteiger partial charge in [-0.15, -0.1) is 6.58 Å². The molecule has 0 spiro atoms. The molecule has 1 aliphatic rings. The molecule has 3 atom stereocenters. The van der Waals surface area contributed by atoms with Gasteiger partial charge in [0.1, 0.15) is 5.75 Å². The van der Waals surface area contributed by atoms with Crippen molar-refractivity contribution in [1.29, 1.82) is 0 Å². The first-order chi connectivity index (χ1) is 12.5. The summed E-state index contributed by atoms with van der Waals surface area (Å²) in [6, 6.07) is 17.2. The number of phenolic OH excluding ortho intramolecular Hbond substituents is 1. The zero-order chi connectivity index (χ0) is 18.7. The molecule has 1 heterocycles. The number of piperazine rings is 1. The summed E-state index contributed by atoms with van der Waals surface area (Å²) < 4.78 is 1.08. The van der Waals surface area contributed by atoms with Crippen LogP contribution in [0.5, 0.6) is 5.75 Å². The third-order valence-corrected chi connectivity index (χ3v) is 5.76. The van der Waals surface area contributed by atoms with Crippen molar-refractivity contribution in [2.24, 2.45) is 0 Å². The highest BCUT2D eigenvalue weighted by Crippen LogP contribution is 2.34. The lowest BCUT2D eigenvalue weighted by molar-refractivity contribution is 0.0306. The molecule has 0 radical (unpaired) electrons. The number of halogens is 1. The van der Waals surface area contributed by atoms with Crippen molar-refractivity contribution in [3.63, 3.8) is 0 Å². The van der Waals surface area contributed by atoms with Gasteiger partial charge >= 0.3 is 0 Å². The Bertz CT molecular complexity index is 746. The first-order valence-electron chi connectivity index (χ1n) is 9.14. The van der Waals surface area contributed by atoms with Crippen molar-refractivity contribution in [3.05, 3.63) is 76.8 Å². The SMILES string of the molecule is C=CCN1C[C@H](C)N([C@@H](c2ccc(Br)cc2)c2cccc(O)c2)C[C@H]1C. The highest BCUT2D eigenvalue weighted by atomic mass is 79.9. The van der Waals surface area contributed by atoms with Gasteiger partial charge in [-0.05, 0) is 49.2 Å². The molecule has 0 aliphatic carbocycles. The Balaban J connectivity index is 1.98. The van der Waals surface area contributed by atoms with Crippen LogP contribution in [0.4, 0.5) is 0 Å². The molecule has 0 amide bonds. The number of aromatic hydroxyl groups is 1. The fraction of sp³-hybridized carbons (Fsp3) is 0.364. The Morgan fingerprint density at radius 3 is 2.50 bits per heavy atom. The van der Waals surface area contributed by atoms with Gasteiger partial charge in [0.2, 0.25) is 0 Å². The average molecular weight is 415 g/mol. The molecule has 2 aromatic carbocycles. The van der Waals surface area contributed by atoms with Crippen LogP contribution in [0.25, 0.3) is 0 Å². The lowest BCUT2D eigenvalue weighted by Gasteiger charge is -2.47. The van der Waals surface area contributed by atoms with E-state index in [1.807, 2.05) is 18.2 Å². The largest absolute Gasteiger partial charge is 0.508 e. The van der Waals surface area contributed by atoms with Gasteiger partial charge in [-0.2, -0.15) is 0 Å². The van der Waals surface area contributed by atoms with Gasteiger partial charge in [0.25, 0.3) is 0 Å². The molecule has 1 fully saturated rings. The van der Waals surface area contributed by atoms with E-state index in [1.54, 1.807) is 6.07 Å². The molecule has 0 unspecified atom stereocenters. The molecular formula is C22H27BrN2O. The molecule has 0 aromatic heterocycles. The third kappa shape index (κ3) is 4.20. The van der Waals surface area contributed by atoms with Gasteiger partial charge in [-0.3, -0.25) is 9.80 Å². The maximum Gasteiger partial charge on any atom is 0.115 e. The van der Waals surface area contributed by atoms with E-state index in [0.29, 0.717) is 17.8 Å². The normalized spacial score (nSPS) is 22.9. The number of hydrogen-bond acceptors (Lipinski definition) is 3. The van der Waals surface area contributed by atoms with Crippen LogP contribution in [-0.4, -0.2) is 46.6 Å². The summed E-state index contributed by atoms with van der Waals surface area (Å²) in [5.41, 5.74) is 2.37. The first kappa shape index (κ1) is 19.2. The smallest absolute Gasteiger partial charge is 0.115 e. The fourth-order valence-corrected chi connectivity index (χ4v) is 4.18. The van der Waals surface area contributed by atoms with E-state index < -0.39 is 0 Å². The second-order valence-electron chi connectivity index (χ2n) is 7.19. The van der Waals surface area contributed by atoms with Crippen LogP contribution in [0, 0.1) is 0 Å². The Morgan fingerprint density at radius 2 is 1.85 bits per heavy atom. The van der Waals surface area contributed by atoms with Crippen molar-refractivity contribution in [3.8, 4) is 5.75 Å². The maximum atomic E-state index is 10.0. The van der Waals surface area contributed by atoms with Crippen LogP contribution in [0.1, 0.15) is 31.0 Å². The number of benzene rings is 2. The zero-order valence-electron chi connectivity index (χ0n) is 15.5. The molecular weight excluding hydrogens is 388 g/mol. The summed E-state index contributed by atoms with van der Waals surface area (Å²) in [4.78, 5) is 5.04. The van der Waals surface area contributed by atoms with E-state index in [9.17, 15) is 5.11 Å². The van der Waals surface area contributed by atoms with Crippen LogP contribution in [0.2, 0.25) is 0 Å². The molecule has 2 aromatic rings. The van der Waals surface area contributed by atoms with E-state index in [0.717, 1.165) is 29.7 Å². The van der Waals surface area contributed by atoms with Gasteiger partial charge < -0.3 is 5.11 Å². The Hall–Kier alpha value is -1.62. The summed E-state index contributed by atoms with van der Waals surface area (Å²) in [7, 11) is 0. The van der Waals surface area contributed by atoms with Gasteiger partial charge in [-0.1, -0.05) is 46.3 Å². The molecule has 0 saturated carbocycles. The Morgan fingerprint density at radius 1 is 1.12 bits per heavy atom. The highest BCUT2D eigenvalue weighted by molar-refractivity contribution is 9.10. The molecule has 1 aliphatic heterocycles. The Kier molecular flexibility index (Phi) is 6.17. The number of nitrogens with zero attached hydrogens (tertiary/aromatic N) is 2. The minimum absolute atomic E-state index is 0.124. The van der Waals surface area contributed by atoms with Crippen molar-refractivity contribution in [1.82, 2.24) is 9.80 Å². The first-order valence-corrected chi connectivity index (χ1v) is 9.94. The van der Waals surface area contributed by atoms with Crippen molar-refractivity contribution in [2.75, 3.05) is 19.6 Å². The molecule has 3 nitrogen and oxygen atoms in total. The lowest BCUT2D eigenvalue weighted by Crippen LogP contribution is -2.57. The average Bonchev–Trinajstić information content (AvgIpc) is 2.61. The Labute approximate surface area is 165 Å². The lowest BCUT2D eigenvalue weighted by atomic mass is 9.93. The van der Waals surface area contributed by atoms with Crippen LogP contribution in [-0.2, 0) is 0 Å². The van der Waals surface area contributed by atoms with Crippen molar-refractivity contribution in [2.45, 2.75) is 32.0 Å². The summed E-state index contributed by atoms with van der Waals surface area (Å²) >= 11 is 3.54. The van der Waals surface area contributed by atoms with E-state index >= 15 is 0 Å². The van der Waals surface area contributed by atoms with Crippen molar-refractivity contribution < 1.29 is 5.11 Å². The molecule has 1 N–H and O–H groups in total. The molecule has 4 heteroatoms. The number of hydrogen-bond donors (Lipinski definition) is 1. The van der Waals surface area contributed by atoms with Crippen LogP contribution >= 0.6 is 15.9 Å². The van der Waals surface area contributed by atoms with Gasteiger partial charge in [0.05, 0.1) is 6.04 Å². The molecule has 138 valence electrons. The predicted octanol–water partition coefficient (Wildman–Crippen LogP) is 4.82. The summed E-state index contributed by atoms with van der Waals surface area (Å²) in [6.45, 7) is 11.4. The van der Waals surface area contributed by atoms with E-state index in [1.165, 1.54) is 5.56 Å². The molecule has 1 saturated heterocycles. The third-order valence-electron chi connectivity index (χ3n) is 5.23. The number of phenols is 1. The molecule has 26 heavy (non-hydrogen) atoms. The van der Waals surface area contributed by atoms with Gasteiger partial charge in [0.15, 0.2) is 0 Å². The van der Waals surface area contributed by atoms with Crippen LogP contribution in [0.15, 0.2) is 65.7 Å². The second-order valence-corrected chi connectivity index (χ2v) is 8.10. The van der Waals surface area contributed by atoms with E-state index in [-0.39, 0.29) is 6.04 Å². The minimum Gasteiger partial charge on any atom is -0.508 e. The number of rotatable bonds is 5. The van der Waals surface area contributed by atoms with Gasteiger partial charge in [0, 0.05) is 36.2 Å². The summed E-state index contributed by atoms with van der Waals surface area (Å²) in [6.07, 6.45) is 1.99. The highest BCUT2D eigenvalue weighted by Gasteiger charge is 2.34. The molecule has 0 bridgehead atoms. The van der Waals surface area contributed by atoms with Crippen LogP contribution in [0.3, 0.4) is 0 Å². The zero-order valence-corrected chi connectivity index (χ0v) is 17.1. The van der Waals surface area contributed by atoms with Crippen molar-refractivity contribution >= 4 is 15.9 Å². The standard InChI is InChI=1S/C22H27BrN2O/c1-4-12-24-14-17(3)25(15-16(24)2)22(18-8-10-20(23)11-9-18)19-6-5-7-21(26)13-19/h4-11,13,16-17,22,26H,1,12,14-15H2,2-3H3/t16-,17+,22+/m1/s1. The molecule has 3 rings (SSSR count). The van der Waals surface area contributed by atoms with Gasteiger partial charge in [-0.25, -0.2) is 0 Å². The maximum absolute atomic E-state index is 10.0. The topological polar surface area (TPSA) is 26.7 Å². The summed E-state index contributed by atoms with van der Waals surface area (Å²) in [5.74, 6) is 0.315. The predicted molar refractivity (Wildman–Crippen MR) is 111 cm³/mol. The summed E-state index contributed by atoms with van der Waals surface area (Å²) in [5, 5.41) is 10.0. The van der Waals surface area contributed by atoms with Crippen LogP contribution < -0.4 is 0 Å². The van der Waals surface area contributed by atoms with E-state index in [2.05, 4.69) is 76.5 Å². The second kappa shape index (κ2) is 8.38. The van der Waals surface area contributed by atoms with E-state index in [4.69, 9.17) is 0 Å². The fourth-order valence-electron chi connectivity index (χ4n) is 3.92. The quantitative estimate of drug-likeness (QED) is 0.709. The minimum atomic E-state index is 0.124.